The smallest absolute Gasteiger partial charge is 0.109 e. The van der Waals surface area contributed by atoms with Gasteiger partial charge in [-0.05, 0) is 31.6 Å². The highest BCUT2D eigenvalue weighted by Gasteiger charge is 2.41. The predicted molar refractivity (Wildman–Crippen MR) is 65.1 cm³/mol. The van der Waals surface area contributed by atoms with Gasteiger partial charge in [-0.3, -0.25) is 0 Å². The van der Waals surface area contributed by atoms with Gasteiger partial charge < -0.3 is 5.32 Å². The molecule has 0 aliphatic heterocycles. The lowest BCUT2D eigenvalue weighted by Gasteiger charge is -2.18. The van der Waals surface area contributed by atoms with Crippen LogP contribution in [0.1, 0.15) is 50.6 Å². The Hall–Kier alpha value is -0.410. The van der Waals surface area contributed by atoms with Crippen LogP contribution in [0.2, 0.25) is 0 Å². The van der Waals surface area contributed by atoms with Gasteiger partial charge in [-0.1, -0.05) is 13.3 Å². The van der Waals surface area contributed by atoms with Gasteiger partial charge >= 0.3 is 0 Å². The van der Waals surface area contributed by atoms with Gasteiger partial charge in [-0.2, -0.15) is 0 Å². The Labute approximate surface area is 96.1 Å². The van der Waals surface area contributed by atoms with E-state index in [0.717, 1.165) is 0 Å². The number of hydrogen-bond acceptors (Lipinski definition) is 3. The third kappa shape index (κ3) is 2.79. The van der Waals surface area contributed by atoms with Gasteiger partial charge in [0.15, 0.2) is 0 Å². The van der Waals surface area contributed by atoms with Crippen molar-refractivity contribution < 1.29 is 0 Å². The van der Waals surface area contributed by atoms with Crippen molar-refractivity contribution in [3.63, 3.8) is 0 Å². The molecule has 1 saturated carbocycles. The standard InChI is InChI=1S/C12H20N2S/c1-3-4-12(5-6-12)9-14-10(2)11-13-7-8-15-11/h7-8,10,14H,3-6,9H2,1-2H3. The first kappa shape index (κ1) is 11.1. The van der Waals surface area contributed by atoms with Gasteiger partial charge in [0.25, 0.3) is 0 Å². The van der Waals surface area contributed by atoms with Crippen LogP contribution in [0.5, 0.6) is 0 Å². The molecule has 0 radical (unpaired) electrons. The Balaban J connectivity index is 1.78. The van der Waals surface area contributed by atoms with Crippen molar-refractivity contribution in [1.29, 1.82) is 0 Å². The van der Waals surface area contributed by atoms with Crippen LogP contribution < -0.4 is 5.32 Å². The highest BCUT2D eigenvalue weighted by molar-refractivity contribution is 7.09. The third-order valence-electron chi connectivity index (χ3n) is 3.34. The fourth-order valence-electron chi connectivity index (χ4n) is 2.13. The molecule has 3 heteroatoms. The molecule has 2 rings (SSSR count). The van der Waals surface area contributed by atoms with Crippen molar-refractivity contribution in [2.24, 2.45) is 5.41 Å². The first-order chi connectivity index (χ1) is 7.26. The summed E-state index contributed by atoms with van der Waals surface area (Å²) in [4.78, 5) is 4.34. The SMILES string of the molecule is CCCC1(CNC(C)c2nccs2)CC1. The first-order valence-corrected chi connectivity index (χ1v) is 6.76. The van der Waals surface area contributed by atoms with Crippen LogP contribution in [0, 0.1) is 5.41 Å². The Morgan fingerprint density at radius 2 is 2.40 bits per heavy atom. The average molecular weight is 224 g/mol. The average Bonchev–Trinajstić information content (AvgIpc) is 2.81. The molecule has 1 fully saturated rings. The van der Waals surface area contributed by atoms with Gasteiger partial charge in [0.05, 0.1) is 6.04 Å². The summed E-state index contributed by atoms with van der Waals surface area (Å²) in [5.74, 6) is 0. The second kappa shape index (κ2) is 4.62. The summed E-state index contributed by atoms with van der Waals surface area (Å²) < 4.78 is 0. The summed E-state index contributed by atoms with van der Waals surface area (Å²) in [6.45, 7) is 5.66. The minimum absolute atomic E-state index is 0.416. The van der Waals surface area contributed by atoms with Crippen LogP contribution >= 0.6 is 11.3 Å². The van der Waals surface area contributed by atoms with Crippen LogP contribution in [0.25, 0.3) is 0 Å². The maximum Gasteiger partial charge on any atom is 0.109 e. The molecular formula is C12H20N2S. The number of rotatable bonds is 6. The topological polar surface area (TPSA) is 24.9 Å². The molecule has 15 heavy (non-hydrogen) atoms. The van der Waals surface area contributed by atoms with Crippen molar-refractivity contribution in [1.82, 2.24) is 10.3 Å². The van der Waals surface area contributed by atoms with Crippen molar-refractivity contribution >= 4 is 11.3 Å². The predicted octanol–water partition coefficient (Wildman–Crippen LogP) is 3.37. The minimum atomic E-state index is 0.416. The van der Waals surface area contributed by atoms with E-state index in [9.17, 15) is 0 Å². The Kier molecular flexibility index (Phi) is 3.42. The molecule has 0 aromatic carbocycles. The fourth-order valence-corrected chi connectivity index (χ4v) is 2.80. The summed E-state index contributed by atoms with van der Waals surface area (Å²) in [6, 6.07) is 0.416. The molecule has 1 N–H and O–H groups in total. The van der Waals surface area contributed by atoms with Crippen molar-refractivity contribution in [2.45, 2.75) is 45.6 Å². The molecule has 1 aliphatic rings. The van der Waals surface area contributed by atoms with Crippen LogP contribution in [-0.4, -0.2) is 11.5 Å². The van der Waals surface area contributed by atoms with Crippen LogP contribution in [0.3, 0.4) is 0 Å². The van der Waals surface area contributed by atoms with Crippen molar-refractivity contribution in [3.05, 3.63) is 16.6 Å². The van der Waals surface area contributed by atoms with Gasteiger partial charge in [0, 0.05) is 18.1 Å². The highest BCUT2D eigenvalue weighted by Crippen LogP contribution is 2.49. The molecule has 1 aliphatic carbocycles. The van der Waals surface area contributed by atoms with Crippen LogP contribution in [0.15, 0.2) is 11.6 Å². The Morgan fingerprint density at radius 1 is 1.60 bits per heavy atom. The van der Waals surface area contributed by atoms with E-state index in [2.05, 4.69) is 24.1 Å². The number of aromatic nitrogens is 1. The molecule has 1 atom stereocenters. The second-order valence-electron chi connectivity index (χ2n) is 4.72. The quantitative estimate of drug-likeness (QED) is 0.801. The molecule has 0 saturated heterocycles. The Morgan fingerprint density at radius 3 is 2.93 bits per heavy atom. The van der Waals surface area contributed by atoms with E-state index in [1.165, 1.54) is 37.2 Å². The van der Waals surface area contributed by atoms with Gasteiger partial charge in [-0.25, -0.2) is 4.98 Å². The summed E-state index contributed by atoms with van der Waals surface area (Å²) in [7, 11) is 0. The lowest BCUT2D eigenvalue weighted by Crippen LogP contribution is -2.26. The van der Waals surface area contributed by atoms with Crippen LogP contribution in [-0.2, 0) is 0 Å². The number of nitrogens with one attached hydrogen (secondary N) is 1. The van der Waals surface area contributed by atoms with E-state index in [-0.39, 0.29) is 0 Å². The summed E-state index contributed by atoms with van der Waals surface area (Å²) >= 11 is 1.74. The fraction of sp³-hybridized carbons (Fsp3) is 0.750. The molecule has 0 bridgehead atoms. The zero-order valence-corrected chi connectivity index (χ0v) is 10.4. The van der Waals surface area contributed by atoms with Crippen molar-refractivity contribution in [3.8, 4) is 0 Å². The molecule has 84 valence electrons. The zero-order chi connectivity index (χ0) is 10.7. The molecule has 0 spiro atoms. The number of hydrogen-bond donors (Lipinski definition) is 1. The largest absolute Gasteiger partial charge is 0.308 e. The van der Waals surface area contributed by atoms with E-state index in [1.807, 2.05) is 11.6 Å². The number of nitrogens with zero attached hydrogens (tertiary/aromatic N) is 1. The Bertz CT molecular complexity index is 291. The van der Waals surface area contributed by atoms with E-state index in [0.29, 0.717) is 11.5 Å². The monoisotopic (exact) mass is 224 g/mol. The molecule has 1 unspecified atom stereocenters. The third-order valence-corrected chi connectivity index (χ3v) is 4.30. The van der Waals surface area contributed by atoms with E-state index in [1.54, 1.807) is 11.3 Å². The highest BCUT2D eigenvalue weighted by atomic mass is 32.1. The summed E-state index contributed by atoms with van der Waals surface area (Å²) in [5, 5.41) is 6.88. The van der Waals surface area contributed by atoms with Crippen molar-refractivity contribution in [2.75, 3.05) is 6.54 Å². The van der Waals surface area contributed by atoms with E-state index < -0.39 is 0 Å². The van der Waals surface area contributed by atoms with Gasteiger partial charge in [0.1, 0.15) is 5.01 Å². The molecular weight excluding hydrogens is 204 g/mol. The van der Waals surface area contributed by atoms with Gasteiger partial charge in [0.2, 0.25) is 0 Å². The second-order valence-corrected chi connectivity index (χ2v) is 5.65. The molecule has 0 amide bonds. The first-order valence-electron chi connectivity index (χ1n) is 5.88. The summed E-state index contributed by atoms with van der Waals surface area (Å²) in [6.07, 6.45) is 7.41. The maximum absolute atomic E-state index is 4.34. The van der Waals surface area contributed by atoms with Crippen LogP contribution in [0.4, 0.5) is 0 Å². The zero-order valence-electron chi connectivity index (χ0n) is 9.62. The minimum Gasteiger partial charge on any atom is -0.308 e. The molecule has 2 nitrogen and oxygen atoms in total. The normalized spacial score (nSPS) is 20.1. The van der Waals surface area contributed by atoms with Gasteiger partial charge in [-0.15, -0.1) is 11.3 Å². The molecule has 1 aromatic rings. The van der Waals surface area contributed by atoms with E-state index in [4.69, 9.17) is 0 Å². The maximum atomic E-state index is 4.34. The lowest BCUT2D eigenvalue weighted by molar-refractivity contribution is 0.397. The molecule has 1 aromatic heterocycles. The lowest BCUT2D eigenvalue weighted by atomic mass is 10.0. The van der Waals surface area contributed by atoms with E-state index >= 15 is 0 Å². The molecule has 1 heterocycles. The number of thiazole rings is 1. The summed E-state index contributed by atoms with van der Waals surface area (Å²) in [5.41, 5.74) is 0.639.